The molecular formula is C13H16N2O3S. The minimum Gasteiger partial charge on any atom is -0.284 e. The van der Waals surface area contributed by atoms with Gasteiger partial charge in [0, 0.05) is 0 Å². The van der Waals surface area contributed by atoms with Gasteiger partial charge >= 0.3 is 0 Å². The van der Waals surface area contributed by atoms with Crippen LogP contribution in [0, 0.1) is 18.3 Å². The quantitative estimate of drug-likeness (QED) is 0.856. The molecule has 102 valence electrons. The molecule has 0 saturated heterocycles. The first-order valence-electron chi connectivity index (χ1n) is 6.21. The van der Waals surface area contributed by atoms with Crippen molar-refractivity contribution >= 4 is 10.0 Å². The van der Waals surface area contributed by atoms with Gasteiger partial charge in [0.15, 0.2) is 0 Å². The Morgan fingerprint density at radius 3 is 2.63 bits per heavy atom. The first-order chi connectivity index (χ1) is 9.03. The second-order valence-electron chi connectivity index (χ2n) is 4.70. The van der Waals surface area contributed by atoms with E-state index in [-0.39, 0.29) is 11.0 Å². The van der Waals surface area contributed by atoms with E-state index >= 15 is 0 Å². The van der Waals surface area contributed by atoms with Gasteiger partial charge in [-0.15, -0.1) is 0 Å². The molecule has 1 aliphatic rings. The van der Waals surface area contributed by atoms with Crippen molar-refractivity contribution in [2.75, 3.05) is 0 Å². The largest absolute Gasteiger partial charge is 0.284 e. The van der Waals surface area contributed by atoms with E-state index in [1.54, 1.807) is 13.0 Å². The second-order valence-corrected chi connectivity index (χ2v) is 6.32. The van der Waals surface area contributed by atoms with E-state index in [1.807, 2.05) is 6.07 Å². The van der Waals surface area contributed by atoms with Crippen molar-refractivity contribution in [3.8, 4) is 6.07 Å². The summed E-state index contributed by atoms with van der Waals surface area (Å²) in [6.07, 6.45) is 3.88. The number of benzene rings is 1. The van der Waals surface area contributed by atoms with E-state index < -0.39 is 10.0 Å². The van der Waals surface area contributed by atoms with Crippen LogP contribution in [0.1, 0.15) is 36.8 Å². The third-order valence-corrected chi connectivity index (χ3v) is 4.57. The van der Waals surface area contributed by atoms with Crippen LogP contribution in [0.3, 0.4) is 0 Å². The molecule has 0 amide bonds. The Labute approximate surface area is 113 Å². The zero-order valence-electron chi connectivity index (χ0n) is 10.7. The normalized spacial score (nSPS) is 16.4. The van der Waals surface area contributed by atoms with Gasteiger partial charge in [-0.1, -0.05) is 17.7 Å². The lowest BCUT2D eigenvalue weighted by atomic mass is 10.2. The second kappa shape index (κ2) is 5.70. The van der Waals surface area contributed by atoms with Crippen LogP contribution >= 0.6 is 0 Å². The molecule has 1 aromatic rings. The zero-order valence-corrected chi connectivity index (χ0v) is 11.5. The monoisotopic (exact) mass is 280 g/mol. The van der Waals surface area contributed by atoms with Gasteiger partial charge in [-0.2, -0.15) is 5.26 Å². The molecule has 0 atom stereocenters. The Bertz CT molecular complexity index is 599. The Morgan fingerprint density at radius 1 is 1.37 bits per heavy atom. The molecule has 0 radical (unpaired) electrons. The van der Waals surface area contributed by atoms with Crippen molar-refractivity contribution in [1.82, 2.24) is 4.89 Å². The molecule has 0 bridgehead atoms. The highest BCUT2D eigenvalue weighted by atomic mass is 32.2. The SMILES string of the molecule is Cc1cc(C#N)ccc1S(=O)(=O)NOC1CCCC1. The number of sulfonamides is 1. The summed E-state index contributed by atoms with van der Waals surface area (Å²) in [5, 5.41) is 8.76. The molecule has 1 aliphatic carbocycles. The fraction of sp³-hybridized carbons (Fsp3) is 0.462. The summed E-state index contributed by atoms with van der Waals surface area (Å²) in [4.78, 5) is 7.56. The van der Waals surface area contributed by atoms with Crippen molar-refractivity contribution < 1.29 is 13.3 Å². The summed E-state index contributed by atoms with van der Waals surface area (Å²) in [6, 6.07) is 6.43. The molecule has 1 N–H and O–H groups in total. The molecule has 0 aromatic heterocycles. The van der Waals surface area contributed by atoms with Gasteiger partial charge < -0.3 is 0 Å². The molecule has 0 unspecified atom stereocenters. The number of hydrogen-bond acceptors (Lipinski definition) is 4. The fourth-order valence-electron chi connectivity index (χ4n) is 2.20. The third-order valence-electron chi connectivity index (χ3n) is 3.22. The molecule has 0 heterocycles. The minimum absolute atomic E-state index is 0.0338. The lowest BCUT2D eigenvalue weighted by molar-refractivity contribution is 0.0223. The molecule has 2 rings (SSSR count). The van der Waals surface area contributed by atoms with Gasteiger partial charge in [0.05, 0.1) is 22.6 Å². The first kappa shape index (κ1) is 14.0. The smallest absolute Gasteiger partial charge is 0.262 e. The summed E-state index contributed by atoms with van der Waals surface area (Å²) in [5.41, 5.74) is 0.967. The van der Waals surface area contributed by atoms with Crippen molar-refractivity contribution in [2.24, 2.45) is 0 Å². The lowest BCUT2D eigenvalue weighted by Gasteiger charge is -2.13. The van der Waals surface area contributed by atoms with E-state index in [9.17, 15) is 8.42 Å². The summed E-state index contributed by atoms with van der Waals surface area (Å²) in [7, 11) is -3.69. The maximum absolute atomic E-state index is 12.1. The van der Waals surface area contributed by atoms with Crippen molar-refractivity contribution in [3.05, 3.63) is 29.3 Å². The Kier molecular flexibility index (Phi) is 4.20. The average molecular weight is 280 g/mol. The van der Waals surface area contributed by atoms with Crippen molar-refractivity contribution in [1.29, 1.82) is 5.26 Å². The summed E-state index contributed by atoms with van der Waals surface area (Å²) < 4.78 is 24.2. The zero-order chi connectivity index (χ0) is 13.9. The van der Waals surface area contributed by atoms with Gasteiger partial charge in [-0.05, 0) is 43.5 Å². The Hall–Kier alpha value is -1.42. The summed E-state index contributed by atoms with van der Waals surface area (Å²) in [6.45, 7) is 1.66. The average Bonchev–Trinajstić information content (AvgIpc) is 2.89. The van der Waals surface area contributed by atoms with E-state index in [0.29, 0.717) is 11.1 Å². The molecule has 5 nitrogen and oxygen atoms in total. The predicted molar refractivity (Wildman–Crippen MR) is 69.6 cm³/mol. The van der Waals surface area contributed by atoms with Gasteiger partial charge in [0.2, 0.25) is 0 Å². The molecule has 1 aromatic carbocycles. The maximum Gasteiger partial charge on any atom is 0.262 e. The van der Waals surface area contributed by atoms with Gasteiger partial charge in [-0.25, -0.2) is 8.42 Å². The minimum atomic E-state index is -3.69. The van der Waals surface area contributed by atoms with Crippen LogP contribution in [0.15, 0.2) is 23.1 Å². The molecular weight excluding hydrogens is 264 g/mol. The topological polar surface area (TPSA) is 79.2 Å². The summed E-state index contributed by atoms with van der Waals surface area (Å²) >= 11 is 0. The molecule has 0 spiro atoms. The third kappa shape index (κ3) is 3.32. The molecule has 1 fully saturated rings. The van der Waals surface area contributed by atoms with Crippen LogP contribution in [0.2, 0.25) is 0 Å². The molecule has 6 heteroatoms. The van der Waals surface area contributed by atoms with E-state index in [2.05, 4.69) is 4.89 Å². The number of nitrogens with zero attached hydrogens (tertiary/aromatic N) is 1. The van der Waals surface area contributed by atoms with Crippen LogP contribution in [0.4, 0.5) is 0 Å². The van der Waals surface area contributed by atoms with Gasteiger partial charge in [0.1, 0.15) is 0 Å². The highest BCUT2D eigenvalue weighted by molar-refractivity contribution is 7.89. The molecule has 1 saturated carbocycles. The van der Waals surface area contributed by atoms with Gasteiger partial charge in [-0.3, -0.25) is 4.84 Å². The van der Waals surface area contributed by atoms with Crippen LogP contribution in [0.25, 0.3) is 0 Å². The van der Waals surface area contributed by atoms with Crippen molar-refractivity contribution in [3.63, 3.8) is 0 Å². The van der Waals surface area contributed by atoms with Crippen LogP contribution in [0.5, 0.6) is 0 Å². The molecule has 0 aliphatic heterocycles. The number of aryl methyl sites for hydroxylation is 1. The number of nitrogens with one attached hydrogen (secondary N) is 1. The standard InChI is InChI=1S/C13H16N2O3S/c1-10-8-11(9-14)6-7-13(10)19(16,17)15-18-12-4-2-3-5-12/h6-8,12,15H,2-5H2,1H3. The van der Waals surface area contributed by atoms with E-state index in [0.717, 1.165) is 25.7 Å². The number of nitriles is 1. The number of rotatable bonds is 4. The highest BCUT2D eigenvalue weighted by Gasteiger charge is 2.21. The first-order valence-corrected chi connectivity index (χ1v) is 7.69. The van der Waals surface area contributed by atoms with Crippen LogP contribution in [-0.4, -0.2) is 14.5 Å². The lowest BCUT2D eigenvalue weighted by Crippen LogP contribution is -2.29. The highest BCUT2D eigenvalue weighted by Crippen LogP contribution is 2.21. The summed E-state index contributed by atoms with van der Waals surface area (Å²) in [5.74, 6) is 0. The van der Waals surface area contributed by atoms with E-state index in [4.69, 9.17) is 10.1 Å². The molecule has 19 heavy (non-hydrogen) atoms. The predicted octanol–water partition coefficient (Wildman–Crippen LogP) is 2.02. The Morgan fingerprint density at radius 2 is 2.05 bits per heavy atom. The van der Waals surface area contributed by atoms with E-state index in [1.165, 1.54) is 12.1 Å². The van der Waals surface area contributed by atoms with Crippen LogP contribution < -0.4 is 4.89 Å². The number of hydrogen-bond donors (Lipinski definition) is 1. The Balaban J connectivity index is 2.12. The van der Waals surface area contributed by atoms with Crippen molar-refractivity contribution in [2.45, 2.75) is 43.6 Å². The van der Waals surface area contributed by atoms with Crippen LogP contribution in [-0.2, 0) is 14.9 Å². The fourth-order valence-corrected chi connectivity index (χ4v) is 3.29. The maximum atomic E-state index is 12.1. The van der Waals surface area contributed by atoms with Gasteiger partial charge in [0.25, 0.3) is 10.0 Å².